The van der Waals surface area contributed by atoms with E-state index < -0.39 is 0 Å². The van der Waals surface area contributed by atoms with Gasteiger partial charge in [0.05, 0.1) is 13.2 Å². The Bertz CT molecular complexity index is 183. The lowest BCUT2D eigenvalue weighted by Crippen LogP contribution is -2.47. The first-order chi connectivity index (χ1) is 7.40. The van der Waals surface area contributed by atoms with Crippen LogP contribution in [0, 0.1) is 5.92 Å². The van der Waals surface area contributed by atoms with E-state index >= 15 is 0 Å². The smallest absolute Gasteiger partial charge is 0.0608 e. The molecule has 1 atom stereocenters. The third kappa shape index (κ3) is 3.14. The van der Waals surface area contributed by atoms with Crippen LogP contribution in [0.3, 0.4) is 0 Å². The molecule has 1 N–H and O–H groups in total. The van der Waals surface area contributed by atoms with Gasteiger partial charge in [0.2, 0.25) is 0 Å². The third-order valence-corrected chi connectivity index (χ3v) is 3.33. The van der Waals surface area contributed by atoms with Crippen LogP contribution in [0.2, 0.25) is 0 Å². The van der Waals surface area contributed by atoms with Gasteiger partial charge >= 0.3 is 0 Å². The molecule has 0 aromatic rings. The molecular formula is C11H23N3O. The summed E-state index contributed by atoms with van der Waals surface area (Å²) in [4.78, 5) is 0. The van der Waals surface area contributed by atoms with Crippen molar-refractivity contribution < 1.29 is 4.74 Å². The Balaban J connectivity index is 1.71. The van der Waals surface area contributed by atoms with Gasteiger partial charge in [0, 0.05) is 26.2 Å². The van der Waals surface area contributed by atoms with Gasteiger partial charge in [-0.15, -0.1) is 0 Å². The van der Waals surface area contributed by atoms with E-state index in [2.05, 4.69) is 22.3 Å². The van der Waals surface area contributed by atoms with Crippen LogP contribution in [-0.2, 0) is 4.74 Å². The maximum absolute atomic E-state index is 5.37. The molecule has 2 fully saturated rings. The lowest BCUT2D eigenvalue weighted by atomic mass is 10.1. The summed E-state index contributed by atoms with van der Waals surface area (Å²) in [5.74, 6) is 0.841. The molecule has 2 aliphatic heterocycles. The molecule has 0 aliphatic carbocycles. The van der Waals surface area contributed by atoms with Crippen molar-refractivity contribution in [1.82, 2.24) is 15.3 Å². The van der Waals surface area contributed by atoms with Gasteiger partial charge in [0.1, 0.15) is 0 Å². The number of ether oxygens (including phenoxy) is 1. The van der Waals surface area contributed by atoms with Gasteiger partial charge in [-0.2, -0.15) is 0 Å². The Morgan fingerprint density at radius 3 is 2.73 bits per heavy atom. The minimum Gasteiger partial charge on any atom is -0.379 e. The van der Waals surface area contributed by atoms with Crippen LogP contribution in [0.5, 0.6) is 0 Å². The molecule has 0 spiro atoms. The van der Waals surface area contributed by atoms with Crippen molar-refractivity contribution in [3.8, 4) is 0 Å². The molecule has 0 bridgehead atoms. The molecule has 4 nitrogen and oxygen atoms in total. The molecule has 88 valence electrons. The van der Waals surface area contributed by atoms with E-state index in [0.717, 1.165) is 38.8 Å². The van der Waals surface area contributed by atoms with E-state index in [0.29, 0.717) is 0 Å². The number of rotatable bonds is 4. The first-order valence-electron chi connectivity index (χ1n) is 6.18. The van der Waals surface area contributed by atoms with E-state index in [1.54, 1.807) is 0 Å². The van der Waals surface area contributed by atoms with Gasteiger partial charge in [-0.3, -0.25) is 0 Å². The molecule has 1 unspecified atom stereocenters. The first-order valence-corrected chi connectivity index (χ1v) is 6.18. The lowest BCUT2D eigenvalue weighted by Gasteiger charge is -2.34. The Kier molecular flexibility index (Phi) is 4.38. The Labute approximate surface area is 92.5 Å². The second-order valence-corrected chi connectivity index (χ2v) is 4.44. The fraction of sp³-hybridized carbons (Fsp3) is 1.00. The number of hydrogen-bond acceptors (Lipinski definition) is 4. The largest absolute Gasteiger partial charge is 0.379 e. The van der Waals surface area contributed by atoms with Gasteiger partial charge in [0.25, 0.3) is 0 Å². The molecule has 15 heavy (non-hydrogen) atoms. The molecule has 4 heteroatoms. The lowest BCUT2D eigenvalue weighted by molar-refractivity contribution is -0.0790. The highest BCUT2D eigenvalue weighted by molar-refractivity contribution is 4.76. The van der Waals surface area contributed by atoms with Crippen molar-refractivity contribution in [3.05, 3.63) is 0 Å². The predicted molar refractivity (Wildman–Crippen MR) is 60.6 cm³/mol. The zero-order chi connectivity index (χ0) is 10.5. The molecule has 0 aromatic carbocycles. The molecule has 0 amide bonds. The summed E-state index contributed by atoms with van der Waals surface area (Å²) in [6.07, 6.45) is 1.34. The number of morpholine rings is 1. The van der Waals surface area contributed by atoms with Crippen LogP contribution >= 0.6 is 0 Å². The van der Waals surface area contributed by atoms with E-state index in [9.17, 15) is 0 Å². The SMILES string of the molecule is CCNCC1CCN(N2CCOCC2)C1. The maximum atomic E-state index is 5.37. The summed E-state index contributed by atoms with van der Waals surface area (Å²) < 4.78 is 5.37. The summed E-state index contributed by atoms with van der Waals surface area (Å²) in [5, 5.41) is 8.43. The zero-order valence-electron chi connectivity index (χ0n) is 9.74. The topological polar surface area (TPSA) is 27.7 Å². The van der Waals surface area contributed by atoms with Crippen LogP contribution < -0.4 is 5.32 Å². The molecule has 2 aliphatic rings. The molecular weight excluding hydrogens is 190 g/mol. The minimum atomic E-state index is 0.841. The van der Waals surface area contributed by atoms with E-state index in [1.165, 1.54) is 26.1 Å². The summed E-state index contributed by atoms with van der Waals surface area (Å²) in [5.41, 5.74) is 0. The van der Waals surface area contributed by atoms with Crippen LogP contribution in [-0.4, -0.2) is 62.5 Å². The highest BCUT2D eigenvalue weighted by Gasteiger charge is 2.27. The highest BCUT2D eigenvalue weighted by Crippen LogP contribution is 2.18. The van der Waals surface area contributed by atoms with Gasteiger partial charge in [-0.25, -0.2) is 10.0 Å². The minimum absolute atomic E-state index is 0.841. The van der Waals surface area contributed by atoms with Crippen molar-refractivity contribution in [3.63, 3.8) is 0 Å². The van der Waals surface area contributed by atoms with Gasteiger partial charge in [-0.05, 0) is 25.4 Å². The van der Waals surface area contributed by atoms with Crippen molar-refractivity contribution in [1.29, 1.82) is 0 Å². The molecule has 0 saturated carbocycles. The predicted octanol–water partition coefficient (Wildman–Crippen LogP) is 0.165. The van der Waals surface area contributed by atoms with E-state index in [4.69, 9.17) is 4.74 Å². The molecule has 2 saturated heterocycles. The van der Waals surface area contributed by atoms with Gasteiger partial charge in [0.15, 0.2) is 0 Å². The molecule has 0 aromatic heterocycles. The number of nitrogens with zero attached hydrogens (tertiary/aromatic N) is 2. The zero-order valence-corrected chi connectivity index (χ0v) is 9.74. The number of nitrogens with one attached hydrogen (secondary N) is 1. The summed E-state index contributed by atoms with van der Waals surface area (Å²) in [6, 6.07) is 0. The normalized spacial score (nSPS) is 29.8. The van der Waals surface area contributed by atoms with Crippen LogP contribution in [0.25, 0.3) is 0 Å². The average molecular weight is 213 g/mol. The number of hydrazine groups is 1. The van der Waals surface area contributed by atoms with E-state index in [1.807, 2.05) is 0 Å². The van der Waals surface area contributed by atoms with Crippen LogP contribution in [0.15, 0.2) is 0 Å². The second-order valence-electron chi connectivity index (χ2n) is 4.44. The third-order valence-electron chi connectivity index (χ3n) is 3.33. The fourth-order valence-electron chi connectivity index (χ4n) is 2.42. The highest BCUT2D eigenvalue weighted by atomic mass is 16.5. The van der Waals surface area contributed by atoms with Crippen LogP contribution in [0.4, 0.5) is 0 Å². The first kappa shape index (κ1) is 11.3. The molecule has 0 radical (unpaired) electrons. The Hall–Kier alpha value is -0.160. The van der Waals surface area contributed by atoms with Crippen molar-refractivity contribution in [2.24, 2.45) is 5.92 Å². The summed E-state index contributed by atoms with van der Waals surface area (Å²) >= 11 is 0. The number of hydrogen-bond donors (Lipinski definition) is 1. The van der Waals surface area contributed by atoms with Crippen molar-refractivity contribution >= 4 is 0 Å². The fourth-order valence-corrected chi connectivity index (χ4v) is 2.42. The Morgan fingerprint density at radius 2 is 2.00 bits per heavy atom. The van der Waals surface area contributed by atoms with Crippen LogP contribution in [0.1, 0.15) is 13.3 Å². The van der Waals surface area contributed by atoms with E-state index in [-0.39, 0.29) is 0 Å². The monoisotopic (exact) mass is 213 g/mol. The Morgan fingerprint density at radius 1 is 1.20 bits per heavy atom. The second kappa shape index (κ2) is 5.80. The molecule has 2 rings (SSSR count). The van der Waals surface area contributed by atoms with Gasteiger partial charge < -0.3 is 10.1 Å². The summed E-state index contributed by atoms with van der Waals surface area (Å²) in [6.45, 7) is 10.9. The standard InChI is InChI=1S/C11H23N3O/c1-2-12-9-11-3-4-14(10-11)13-5-7-15-8-6-13/h11-12H,2-10H2,1H3. The van der Waals surface area contributed by atoms with Gasteiger partial charge in [-0.1, -0.05) is 6.92 Å². The van der Waals surface area contributed by atoms with Crippen molar-refractivity contribution in [2.75, 3.05) is 52.5 Å². The molecule has 2 heterocycles. The average Bonchev–Trinajstić information content (AvgIpc) is 2.76. The quantitative estimate of drug-likeness (QED) is 0.720. The summed E-state index contributed by atoms with van der Waals surface area (Å²) in [7, 11) is 0. The van der Waals surface area contributed by atoms with Crippen molar-refractivity contribution in [2.45, 2.75) is 13.3 Å². The maximum Gasteiger partial charge on any atom is 0.0608 e.